The van der Waals surface area contributed by atoms with E-state index in [4.69, 9.17) is 9.47 Å². The van der Waals surface area contributed by atoms with E-state index >= 15 is 0 Å². The molecule has 0 saturated heterocycles. The molecular formula is C32H32O3Si. The minimum absolute atomic E-state index is 0.182. The molecule has 0 aromatic heterocycles. The molecule has 0 aliphatic carbocycles. The first-order chi connectivity index (χ1) is 17.4. The summed E-state index contributed by atoms with van der Waals surface area (Å²) in [6.45, 7) is 10.3. The summed E-state index contributed by atoms with van der Waals surface area (Å²) < 4.78 is 10.9. The quantitative estimate of drug-likeness (QED) is 0.116. The second-order valence-corrected chi connectivity index (χ2v) is 12.9. The Kier molecular flexibility index (Phi) is 7.86. The molecule has 0 atom stereocenters. The molecule has 0 saturated carbocycles. The van der Waals surface area contributed by atoms with Gasteiger partial charge in [0, 0.05) is 6.08 Å². The molecule has 0 heterocycles. The zero-order valence-electron chi connectivity index (χ0n) is 21.2. The molecule has 0 aliphatic rings. The third kappa shape index (κ3) is 5.34. The summed E-state index contributed by atoms with van der Waals surface area (Å²) in [4.78, 5) is 11.3. The van der Waals surface area contributed by atoms with Gasteiger partial charge in [0.05, 0.1) is 0 Å². The Morgan fingerprint density at radius 1 is 0.639 bits per heavy atom. The van der Waals surface area contributed by atoms with Crippen LogP contribution >= 0.6 is 0 Å². The standard InChI is InChI=1S/C32H32O3Si/c1-5-32(33)35-23-22-34-27-12-20-31(21-13-27)36(28-14-6-24(2)7-15-28,29-16-8-25(3)9-17-29)30-18-10-26(4)11-19-30/h5-21H,1,22-23H2,2-4H3. The van der Waals surface area contributed by atoms with Gasteiger partial charge in [0.1, 0.15) is 19.0 Å². The van der Waals surface area contributed by atoms with Gasteiger partial charge >= 0.3 is 5.97 Å². The van der Waals surface area contributed by atoms with Gasteiger partial charge in [0.25, 0.3) is 0 Å². The molecule has 4 rings (SSSR count). The maximum atomic E-state index is 11.3. The minimum atomic E-state index is -2.59. The van der Waals surface area contributed by atoms with E-state index in [0.29, 0.717) is 0 Å². The van der Waals surface area contributed by atoms with E-state index in [2.05, 4.69) is 112 Å². The van der Waals surface area contributed by atoms with Gasteiger partial charge in [-0.2, -0.15) is 0 Å². The van der Waals surface area contributed by atoms with Crippen LogP contribution in [0.25, 0.3) is 0 Å². The van der Waals surface area contributed by atoms with Crippen molar-refractivity contribution in [2.75, 3.05) is 13.2 Å². The van der Waals surface area contributed by atoms with Crippen molar-refractivity contribution in [2.45, 2.75) is 20.8 Å². The molecule has 0 fully saturated rings. The third-order valence-electron chi connectivity index (χ3n) is 6.50. The zero-order valence-corrected chi connectivity index (χ0v) is 22.2. The van der Waals surface area contributed by atoms with E-state index in [1.807, 2.05) is 12.1 Å². The van der Waals surface area contributed by atoms with E-state index in [1.165, 1.54) is 37.4 Å². The number of ether oxygens (including phenoxy) is 2. The summed E-state index contributed by atoms with van der Waals surface area (Å²) in [5.41, 5.74) is 3.74. The number of carbonyl (C=O) groups is 1. The molecule has 0 spiro atoms. The molecule has 36 heavy (non-hydrogen) atoms. The molecule has 0 amide bonds. The lowest BCUT2D eigenvalue weighted by Gasteiger charge is -2.34. The van der Waals surface area contributed by atoms with Gasteiger partial charge in [-0.05, 0) is 53.7 Å². The van der Waals surface area contributed by atoms with E-state index in [9.17, 15) is 4.79 Å². The number of aryl methyl sites for hydroxylation is 3. The topological polar surface area (TPSA) is 35.5 Å². The summed E-state index contributed by atoms with van der Waals surface area (Å²) in [5.74, 6) is 0.298. The summed E-state index contributed by atoms with van der Waals surface area (Å²) in [6, 6.07) is 35.4. The smallest absolute Gasteiger partial charge is 0.330 e. The second-order valence-electron chi connectivity index (χ2n) is 9.09. The normalized spacial score (nSPS) is 11.1. The number of hydrogen-bond donors (Lipinski definition) is 0. The monoisotopic (exact) mass is 492 g/mol. The molecular weight excluding hydrogens is 460 g/mol. The average Bonchev–Trinajstić information content (AvgIpc) is 2.90. The molecule has 0 N–H and O–H groups in total. The van der Waals surface area contributed by atoms with Crippen molar-refractivity contribution in [1.29, 1.82) is 0 Å². The molecule has 4 heteroatoms. The highest BCUT2D eigenvalue weighted by Crippen LogP contribution is 2.15. The first-order valence-electron chi connectivity index (χ1n) is 12.2. The van der Waals surface area contributed by atoms with E-state index in [1.54, 1.807) is 0 Å². The molecule has 4 aromatic carbocycles. The average molecular weight is 493 g/mol. The summed E-state index contributed by atoms with van der Waals surface area (Å²) >= 11 is 0. The Morgan fingerprint density at radius 3 is 1.36 bits per heavy atom. The van der Waals surface area contributed by atoms with Crippen molar-refractivity contribution < 1.29 is 14.3 Å². The summed E-state index contributed by atoms with van der Waals surface area (Å²) in [7, 11) is -2.59. The van der Waals surface area contributed by atoms with Gasteiger partial charge in [-0.25, -0.2) is 4.79 Å². The van der Waals surface area contributed by atoms with Crippen molar-refractivity contribution in [3.8, 4) is 5.75 Å². The lowest BCUT2D eigenvalue weighted by Crippen LogP contribution is -2.74. The number of carbonyl (C=O) groups excluding carboxylic acids is 1. The van der Waals surface area contributed by atoms with Gasteiger partial charge in [-0.1, -0.05) is 108 Å². The molecule has 0 bridgehead atoms. The first-order valence-corrected chi connectivity index (χ1v) is 14.2. The fourth-order valence-corrected chi connectivity index (χ4v) is 9.24. The molecule has 0 aliphatic heterocycles. The third-order valence-corrected chi connectivity index (χ3v) is 11.3. The summed E-state index contributed by atoms with van der Waals surface area (Å²) in [5, 5.41) is 5.30. The molecule has 4 aromatic rings. The van der Waals surface area contributed by atoms with Crippen LogP contribution in [0.2, 0.25) is 0 Å². The fraction of sp³-hybridized carbons (Fsp3) is 0.156. The lowest BCUT2D eigenvalue weighted by molar-refractivity contribution is -0.138. The van der Waals surface area contributed by atoms with Crippen LogP contribution in [-0.2, 0) is 9.53 Å². The van der Waals surface area contributed by atoms with E-state index < -0.39 is 14.0 Å². The number of esters is 1. The highest BCUT2D eigenvalue weighted by atomic mass is 28.3. The van der Waals surface area contributed by atoms with Crippen molar-refractivity contribution in [3.05, 3.63) is 126 Å². The maximum absolute atomic E-state index is 11.3. The minimum Gasteiger partial charge on any atom is -0.490 e. The Bertz CT molecular complexity index is 1200. The molecule has 0 unspecified atom stereocenters. The predicted molar refractivity (Wildman–Crippen MR) is 151 cm³/mol. The SMILES string of the molecule is C=CC(=O)OCCOc1ccc([Si](c2ccc(C)cc2)(c2ccc(C)cc2)c2ccc(C)cc2)cc1. The van der Waals surface area contributed by atoms with Crippen LogP contribution in [0.15, 0.2) is 110 Å². The Labute approximate surface area is 215 Å². The van der Waals surface area contributed by atoms with Gasteiger partial charge in [0.15, 0.2) is 8.07 Å². The molecule has 3 nitrogen and oxygen atoms in total. The Hall–Kier alpha value is -3.89. The van der Waals surface area contributed by atoms with Crippen molar-refractivity contribution in [2.24, 2.45) is 0 Å². The van der Waals surface area contributed by atoms with Crippen LogP contribution in [0.1, 0.15) is 16.7 Å². The van der Waals surface area contributed by atoms with Gasteiger partial charge in [-0.3, -0.25) is 0 Å². The van der Waals surface area contributed by atoms with Crippen molar-refractivity contribution in [1.82, 2.24) is 0 Å². The van der Waals surface area contributed by atoms with Crippen LogP contribution in [-0.4, -0.2) is 27.3 Å². The van der Waals surface area contributed by atoms with Crippen LogP contribution in [0, 0.1) is 20.8 Å². The van der Waals surface area contributed by atoms with Crippen LogP contribution < -0.4 is 25.5 Å². The van der Waals surface area contributed by atoms with Crippen LogP contribution in [0.4, 0.5) is 0 Å². The zero-order chi connectivity index (χ0) is 25.5. The number of rotatable bonds is 9. The molecule has 0 radical (unpaired) electrons. The maximum Gasteiger partial charge on any atom is 0.330 e. The first kappa shape index (κ1) is 25.2. The molecule has 182 valence electrons. The van der Waals surface area contributed by atoms with E-state index in [-0.39, 0.29) is 13.2 Å². The lowest BCUT2D eigenvalue weighted by atomic mass is 10.2. The Balaban J connectivity index is 1.82. The highest BCUT2D eigenvalue weighted by molar-refractivity contribution is 7.19. The number of hydrogen-bond acceptors (Lipinski definition) is 3. The predicted octanol–water partition coefficient (Wildman–Crippen LogP) is 4.10. The van der Waals surface area contributed by atoms with Crippen molar-refractivity contribution >= 4 is 34.8 Å². The highest BCUT2D eigenvalue weighted by Gasteiger charge is 2.41. The second kappa shape index (κ2) is 11.2. The Morgan fingerprint density at radius 2 is 1.00 bits per heavy atom. The van der Waals surface area contributed by atoms with E-state index in [0.717, 1.165) is 11.8 Å². The van der Waals surface area contributed by atoms with Crippen LogP contribution in [0.5, 0.6) is 5.75 Å². The fourth-order valence-electron chi connectivity index (χ4n) is 4.57. The van der Waals surface area contributed by atoms with Crippen molar-refractivity contribution in [3.63, 3.8) is 0 Å². The number of benzene rings is 4. The largest absolute Gasteiger partial charge is 0.490 e. The van der Waals surface area contributed by atoms with Crippen LogP contribution in [0.3, 0.4) is 0 Å². The van der Waals surface area contributed by atoms with Gasteiger partial charge < -0.3 is 9.47 Å². The van der Waals surface area contributed by atoms with Gasteiger partial charge in [-0.15, -0.1) is 0 Å². The summed E-state index contributed by atoms with van der Waals surface area (Å²) in [6.07, 6.45) is 1.15. The van der Waals surface area contributed by atoms with Gasteiger partial charge in [0.2, 0.25) is 0 Å².